The van der Waals surface area contributed by atoms with E-state index in [4.69, 9.17) is 0 Å². The number of thiazole rings is 1. The summed E-state index contributed by atoms with van der Waals surface area (Å²) in [5, 5.41) is 17.3. The molecule has 1 amide bonds. The molecule has 0 spiro atoms. The Kier molecular flexibility index (Phi) is 6.93. The number of thioether (sulfide) groups is 1. The van der Waals surface area contributed by atoms with Crippen molar-refractivity contribution in [1.82, 2.24) is 19.7 Å². The summed E-state index contributed by atoms with van der Waals surface area (Å²) in [7, 11) is 0. The Morgan fingerprint density at radius 1 is 1.13 bits per heavy atom. The smallest absolute Gasteiger partial charge is 0.223 e. The maximum absolute atomic E-state index is 11.2. The molecular weight excluding hydrogens is 434 g/mol. The van der Waals surface area contributed by atoms with Gasteiger partial charge in [0.25, 0.3) is 0 Å². The van der Waals surface area contributed by atoms with Gasteiger partial charge in [-0.15, -0.1) is 32.9 Å². The topological polar surface area (TPSA) is 72.7 Å². The first-order valence-electron chi connectivity index (χ1n) is 9.50. The summed E-state index contributed by atoms with van der Waals surface area (Å²) in [4.78, 5) is 16.9. The summed E-state index contributed by atoms with van der Waals surface area (Å²) >= 11 is 4.80. The highest BCUT2D eigenvalue weighted by molar-refractivity contribution is 7.98. The molecule has 4 aromatic rings. The SMILES string of the molecule is CC(=O)Nc1nc(CSc2nnc(Cc3cccs3)n2CCc2ccccc2)cs1. The molecule has 3 aromatic heterocycles. The fourth-order valence-corrected chi connectivity index (χ4v) is 5.39. The van der Waals surface area contributed by atoms with E-state index in [1.165, 1.54) is 28.7 Å². The Morgan fingerprint density at radius 2 is 2.00 bits per heavy atom. The van der Waals surface area contributed by atoms with Gasteiger partial charge in [0.15, 0.2) is 10.3 Å². The molecule has 0 aliphatic rings. The first-order chi connectivity index (χ1) is 14.7. The molecule has 1 N–H and O–H groups in total. The Hall–Kier alpha value is -2.49. The van der Waals surface area contributed by atoms with Crippen LogP contribution in [0.1, 0.15) is 28.9 Å². The van der Waals surface area contributed by atoms with Crippen molar-refractivity contribution in [3.63, 3.8) is 0 Å². The van der Waals surface area contributed by atoms with Crippen LogP contribution in [0.25, 0.3) is 0 Å². The van der Waals surface area contributed by atoms with Gasteiger partial charge in [-0.2, -0.15) is 0 Å². The first kappa shape index (κ1) is 20.8. The minimum atomic E-state index is -0.109. The zero-order valence-electron chi connectivity index (χ0n) is 16.4. The van der Waals surface area contributed by atoms with E-state index in [0.29, 0.717) is 10.9 Å². The summed E-state index contributed by atoms with van der Waals surface area (Å²) in [6.45, 7) is 2.31. The summed E-state index contributed by atoms with van der Waals surface area (Å²) in [5.41, 5.74) is 2.22. The van der Waals surface area contributed by atoms with E-state index in [9.17, 15) is 4.79 Å². The number of nitrogens with zero attached hydrogens (tertiary/aromatic N) is 4. The Bertz CT molecular complexity index is 1090. The largest absolute Gasteiger partial charge is 0.305 e. The van der Waals surface area contributed by atoms with Gasteiger partial charge in [0.05, 0.1) is 5.69 Å². The van der Waals surface area contributed by atoms with Crippen LogP contribution in [0.5, 0.6) is 0 Å². The Balaban J connectivity index is 1.48. The molecule has 0 fully saturated rings. The third-order valence-electron chi connectivity index (χ3n) is 4.36. The van der Waals surface area contributed by atoms with Crippen LogP contribution in [-0.2, 0) is 29.9 Å². The average Bonchev–Trinajstić information content (AvgIpc) is 3.48. The van der Waals surface area contributed by atoms with E-state index < -0.39 is 0 Å². The second-order valence-corrected chi connectivity index (χ2v) is 9.49. The minimum absolute atomic E-state index is 0.109. The van der Waals surface area contributed by atoms with Crippen LogP contribution < -0.4 is 5.32 Å². The van der Waals surface area contributed by atoms with Crippen LogP contribution in [0, 0.1) is 0 Å². The second-order valence-electron chi connectivity index (χ2n) is 6.66. The number of carbonyl (C=O) groups is 1. The van der Waals surface area contributed by atoms with Crippen LogP contribution in [0.4, 0.5) is 5.13 Å². The Labute approximate surface area is 187 Å². The molecule has 1 aromatic carbocycles. The lowest BCUT2D eigenvalue weighted by atomic mass is 10.1. The maximum Gasteiger partial charge on any atom is 0.223 e. The van der Waals surface area contributed by atoms with Gasteiger partial charge in [-0.25, -0.2) is 4.98 Å². The summed E-state index contributed by atoms with van der Waals surface area (Å²) < 4.78 is 2.22. The van der Waals surface area contributed by atoms with Crippen LogP contribution in [0.15, 0.2) is 58.4 Å². The highest BCUT2D eigenvalue weighted by Crippen LogP contribution is 2.26. The number of hydrogen-bond acceptors (Lipinski definition) is 7. The van der Waals surface area contributed by atoms with Crippen LogP contribution >= 0.6 is 34.4 Å². The highest BCUT2D eigenvalue weighted by atomic mass is 32.2. The van der Waals surface area contributed by atoms with E-state index in [2.05, 4.69) is 66.8 Å². The number of carbonyl (C=O) groups excluding carboxylic acids is 1. The zero-order chi connectivity index (χ0) is 20.8. The molecule has 30 heavy (non-hydrogen) atoms. The number of anilines is 1. The number of hydrogen-bond donors (Lipinski definition) is 1. The molecule has 0 atom stereocenters. The van der Waals surface area contributed by atoms with Crippen molar-refractivity contribution < 1.29 is 4.79 Å². The monoisotopic (exact) mass is 455 g/mol. The predicted molar refractivity (Wildman–Crippen MR) is 123 cm³/mol. The van der Waals surface area contributed by atoms with E-state index in [0.717, 1.165) is 36.1 Å². The molecule has 4 rings (SSSR count). The molecular formula is C21H21N5OS3. The predicted octanol–water partition coefficient (Wildman–Crippen LogP) is 4.88. The summed E-state index contributed by atoms with van der Waals surface area (Å²) in [6.07, 6.45) is 1.71. The van der Waals surface area contributed by atoms with Crippen LogP contribution in [-0.4, -0.2) is 25.7 Å². The van der Waals surface area contributed by atoms with Gasteiger partial charge in [-0.05, 0) is 23.4 Å². The molecule has 0 saturated heterocycles. The van der Waals surface area contributed by atoms with Crippen molar-refractivity contribution in [1.29, 1.82) is 0 Å². The number of rotatable bonds is 9. The second kappa shape index (κ2) is 10.0. The van der Waals surface area contributed by atoms with Crippen LogP contribution in [0.3, 0.4) is 0 Å². The van der Waals surface area contributed by atoms with Gasteiger partial charge in [-0.3, -0.25) is 4.79 Å². The van der Waals surface area contributed by atoms with Gasteiger partial charge >= 0.3 is 0 Å². The molecule has 0 unspecified atom stereocenters. The van der Waals surface area contributed by atoms with Crippen molar-refractivity contribution in [3.8, 4) is 0 Å². The molecule has 0 aliphatic carbocycles. The molecule has 0 bridgehead atoms. The van der Waals surface area contributed by atoms with Crippen molar-refractivity contribution >= 4 is 45.5 Å². The van der Waals surface area contributed by atoms with Crippen LogP contribution in [0.2, 0.25) is 0 Å². The maximum atomic E-state index is 11.2. The summed E-state index contributed by atoms with van der Waals surface area (Å²) in [5.74, 6) is 1.55. The number of aromatic nitrogens is 4. The van der Waals surface area contributed by atoms with Crippen molar-refractivity contribution in [3.05, 3.63) is 75.2 Å². The van der Waals surface area contributed by atoms with Crippen molar-refractivity contribution in [2.75, 3.05) is 5.32 Å². The van der Waals surface area contributed by atoms with E-state index in [1.54, 1.807) is 23.1 Å². The lowest BCUT2D eigenvalue weighted by Gasteiger charge is -2.10. The summed E-state index contributed by atoms with van der Waals surface area (Å²) in [6, 6.07) is 14.7. The fraction of sp³-hybridized carbons (Fsp3) is 0.238. The van der Waals surface area contributed by atoms with Gasteiger partial charge in [0, 0.05) is 35.9 Å². The van der Waals surface area contributed by atoms with E-state index in [1.807, 2.05) is 11.4 Å². The van der Waals surface area contributed by atoms with Crippen molar-refractivity contribution in [2.45, 2.75) is 37.2 Å². The van der Waals surface area contributed by atoms with Crippen molar-refractivity contribution in [2.24, 2.45) is 0 Å². The third kappa shape index (κ3) is 5.56. The molecule has 0 saturated carbocycles. The number of aryl methyl sites for hydroxylation is 1. The number of thiophene rings is 1. The zero-order valence-corrected chi connectivity index (χ0v) is 18.9. The van der Waals surface area contributed by atoms with Gasteiger partial charge < -0.3 is 9.88 Å². The quantitative estimate of drug-likeness (QED) is 0.364. The third-order valence-corrected chi connectivity index (χ3v) is 7.04. The van der Waals surface area contributed by atoms with E-state index >= 15 is 0 Å². The minimum Gasteiger partial charge on any atom is -0.305 e. The molecule has 154 valence electrons. The molecule has 9 heteroatoms. The van der Waals surface area contributed by atoms with Gasteiger partial charge in [-0.1, -0.05) is 48.2 Å². The highest BCUT2D eigenvalue weighted by Gasteiger charge is 2.15. The van der Waals surface area contributed by atoms with E-state index in [-0.39, 0.29) is 5.91 Å². The average molecular weight is 456 g/mol. The number of nitrogens with one attached hydrogen (secondary N) is 1. The number of amides is 1. The van der Waals surface area contributed by atoms with Gasteiger partial charge in [0.1, 0.15) is 5.82 Å². The molecule has 6 nitrogen and oxygen atoms in total. The fourth-order valence-electron chi connectivity index (χ4n) is 2.96. The first-order valence-corrected chi connectivity index (χ1v) is 12.2. The number of benzene rings is 1. The Morgan fingerprint density at radius 3 is 2.77 bits per heavy atom. The molecule has 0 aliphatic heterocycles. The lowest BCUT2D eigenvalue weighted by Crippen LogP contribution is -2.08. The van der Waals surface area contributed by atoms with Gasteiger partial charge in [0.2, 0.25) is 5.91 Å². The molecule has 0 radical (unpaired) electrons. The lowest BCUT2D eigenvalue weighted by molar-refractivity contribution is -0.114. The molecule has 3 heterocycles. The normalized spacial score (nSPS) is 11.0. The standard InChI is InChI=1S/C21H21N5OS3/c1-15(27)22-20-23-17(13-29-20)14-30-21-25-24-19(12-18-8-5-11-28-18)26(21)10-9-16-6-3-2-4-7-16/h2-8,11,13H,9-10,12,14H2,1H3,(H,22,23,27).